The van der Waals surface area contributed by atoms with E-state index in [0.717, 1.165) is 12.8 Å². The number of carbonyl (C=O) groups excluding carboxylic acids is 1. The van der Waals surface area contributed by atoms with Gasteiger partial charge in [-0.25, -0.2) is 9.59 Å². The van der Waals surface area contributed by atoms with Gasteiger partial charge in [0, 0.05) is 13.1 Å². The summed E-state index contributed by atoms with van der Waals surface area (Å²) in [6.07, 6.45) is -3.17. The summed E-state index contributed by atoms with van der Waals surface area (Å²) in [7, 11) is 0. The van der Waals surface area contributed by atoms with Gasteiger partial charge in [0.25, 0.3) is 0 Å². The van der Waals surface area contributed by atoms with E-state index in [4.69, 9.17) is 5.11 Å². The van der Waals surface area contributed by atoms with Crippen molar-refractivity contribution in [3.8, 4) is 0 Å². The van der Waals surface area contributed by atoms with Crippen LogP contribution in [0.3, 0.4) is 0 Å². The molecule has 1 aliphatic carbocycles. The molecule has 0 aromatic heterocycles. The molecule has 0 heterocycles. The third-order valence-electron chi connectivity index (χ3n) is 3.20. The number of rotatable bonds is 5. The molecule has 0 bridgehead atoms. The summed E-state index contributed by atoms with van der Waals surface area (Å²) >= 11 is 0. The number of hydrogen-bond donors (Lipinski definition) is 2. The van der Waals surface area contributed by atoms with Gasteiger partial charge >= 0.3 is 18.2 Å². The Bertz CT molecular complexity index is 369. The predicted molar refractivity (Wildman–Crippen MR) is 60.6 cm³/mol. The number of carboxylic acids is 1. The zero-order chi connectivity index (χ0) is 14.8. The normalized spacial score (nSPS) is 18.6. The first-order chi connectivity index (χ1) is 8.61. The molecule has 5 nitrogen and oxygen atoms in total. The van der Waals surface area contributed by atoms with Crippen molar-refractivity contribution in [3.63, 3.8) is 0 Å². The SMILES string of the molecule is CCN(CC1CC1)C(=O)NC(C)(C(=O)O)C(F)(F)F. The quantitative estimate of drug-likeness (QED) is 0.808. The molecule has 2 amide bonds. The van der Waals surface area contributed by atoms with Gasteiger partial charge in [-0.3, -0.25) is 0 Å². The number of nitrogens with one attached hydrogen (secondary N) is 1. The zero-order valence-corrected chi connectivity index (χ0v) is 10.8. The minimum atomic E-state index is -5.06. The lowest BCUT2D eigenvalue weighted by Crippen LogP contribution is -2.64. The Kier molecular flexibility index (Phi) is 4.32. The molecule has 19 heavy (non-hydrogen) atoms. The molecule has 2 N–H and O–H groups in total. The number of hydrogen-bond acceptors (Lipinski definition) is 2. The van der Waals surface area contributed by atoms with Gasteiger partial charge in [0.2, 0.25) is 5.54 Å². The second-order valence-electron chi connectivity index (χ2n) is 4.84. The van der Waals surface area contributed by atoms with E-state index in [2.05, 4.69) is 0 Å². The first-order valence-electron chi connectivity index (χ1n) is 5.99. The number of urea groups is 1. The van der Waals surface area contributed by atoms with Crippen LogP contribution in [-0.4, -0.2) is 46.8 Å². The molecule has 0 radical (unpaired) electrons. The molecule has 0 aromatic carbocycles. The van der Waals surface area contributed by atoms with Crippen LogP contribution >= 0.6 is 0 Å². The van der Waals surface area contributed by atoms with Crippen molar-refractivity contribution >= 4 is 12.0 Å². The molecule has 1 unspecified atom stereocenters. The highest BCUT2D eigenvalue weighted by atomic mass is 19.4. The smallest absolute Gasteiger partial charge is 0.422 e. The summed E-state index contributed by atoms with van der Waals surface area (Å²) in [5, 5.41) is 10.3. The average Bonchev–Trinajstić information content (AvgIpc) is 3.07. The number of carboxylic acid groups (broad SMARTS) is 1. The zero-order valence-electron chi connectivity index (χ0n) is 10.8. The highest BCUT2D eigenvalue weighted by Gasteiger charge is 2.58. The van der Waals surface area contributed by atoms with Crippen LogP contribution in [0.5, 0.6) is 0 Å². The van der Waals surface area contributed by atoms with Crippen molar-refractivity contribution in [2.75, 3.05) is 13.1 Å². The highest BCUT2D eigenvalue weighted by molar-refractivity contribution is 5.86. The molecule has 0 spiro atoms. The largest absolute Gasteiger partial charge is 0.479 e. The van der Waals surface area contributed by atoms with Crippen molar-refractivity contribution in [3.05, 3.63) is 0 Å². The predicted octanol–water partition coefficient (Wildman–Crippen LogP) is 1.83. The maximum absolute atomic E-state index is 12.7. The van der Waals surface area contributed by atoms with Gasteiger partial charge < -0.3 is 15.3 Å². The number of amides is 2. The Morgan fingerprint density at radius 1 is 1.37 bits per heavy atom. The van der Waals surface area contributed by atoms with Gasteiger partial charge in [0.05, 0.1) is 0 Å². The van der Waals surface area contributed by atoms with Crippen LogP contribution in [0, 0.1) is 5.92 Å². The highest BCUT2D eigenvalue weighted by Crippen LogP contribution is 2.32. The summed E-state index contributed by atoms with van der Waals surface area (Å²) in [5.41, 5.74) is -3.28. The summed E-state index contributed by atoms with van der Waals surface area (Å²) in [4.78, 5) is 23.8. The summed E-state index contributed by atoms with van der Waals surface area (Å²) in [6.45, 7) is 2.66. The topological polar surface area (TPSA) is 69.6 Å². The van der Waals surface area contributed by atoms with E-state index in [0.29, 0.717) is 19.4 Å². The van der Waals surface area contributed by atoms with Gasteiger partial charge in [0.1, 0.15) is 0 Å². The van der Waals surface area contributed by atoms with Crippen molar-refractivity contribution in [1.82, 2.24) is 10.2 Å². The minimum absolute atomic E-state index is 0.232. The van der Waals surface area contributed by atoms with E-state index < -0.39 is 23.7 Å². The first-order valence-corrected chi connectivity index (χ1v) is 5.99. The lowest BCUT2D eigenvalue weighted by molar-refractivity contribution is -0.203. The van der Waals surface area contributed by atoms with E-state index in [9.17, 15) is 22.8 Å². The average molecular weight is 282 g/mol. The monoisotopic (exact) mass is 282 g/mol. The third kappa shape index (κ3) is 3.51. The van der Waals surface area contributed by atoms with Crippen LogP contribution in [0.25, 0.3) is 0 Å². The Morgan fingerprint density at radius 3 is 2.21 bits per heavy atom. The molecule has 1 atom stereocenters. The van der Waals surface area contributed by atoms with Crippen molar-refractivity contribution in [2.45, 2.75) is 38.4 Å². The maximum Gasteiger partial charge on any atom is 0.422 e. The van der Waals surface area contributed by atoms with Crippen molar-refractivity contribution in [1.29, 1.82) is 0 Å². The first kappa shape index (κ1) is 15.6. The molecule has 1 rings (SSSR count). The molecule has 0 aliphatic heterocycles. The van der Waals surface area contributed by atoms with Crippen molar-refractivity contribution in [2.24, 2.45) is 5.92 Å². The fraction of sp³-hybridized carbons (Fsp3) is 0.818. The second kappa shape index (κ2) is 5.26. The number of carbonyl (C=O) groups is 2. The van der Waals surface area contributed by atoms with Crippen LogP contribution in [0.1, 0.15) is 26.7 Å². The van der Waals surface area contributed by atoms with Crippen molar-refractivity contribution < 1.29 is 27.9 Å². The molecule has 1 saturated carbocycles. The fourth-order valence-corrected chi connectivity index (χ4v) is 1.51. The Morgan fingerprint density at radius 2 is 1.89 bits per heavy atom. The van der Waals surface area contributed by atoms with E-state index >= 15 is 0 Å². The van der Waals surface area contributed by atoms with Gasteiger partial charge in [-0.05, 0) is 32.6 Å². The van der Waals surface area contributed by atoms with Crippen LogP contribution in [-0.2, 0) is 4.79 Å². The fourth-order valence-electron chi connectivity index (χ4n) is 1.51. The molecule has 110 valence electrons. The number of halogens is 3. The van der Waals surface area contributed by atoms with E-state index in [1.165, 1.54) is 4.90 Å². The lowest BCUT2D eigenvalue weighted by atomic mass is 10.0. The number of alkyl halides is 3. The second-order valence-corrected chi connectivity index (χ2v) is 4.84. The summed E-state index contributed by atoms with van der Waals surface area (Å²) in [6, 6.07) is -1.00. The molecular weight excluding hydrogens is 265 g/mol. The van der Waals surface area contributed by atoms with Gasteiger partial charge in [-0.2, -0.15) is 13.2 Å². The molecule has 0 aromatic rings. The van der Waals surface area contributed by atoms with Gasteiger partial charge in [-0.15, -0.1) is 0 Å². The van der Waals surface area contributed by atoms with Gasteiger partial charge in [-0.1, -0.05) is 0 Å². The number of nitrogens with zero attached hydrogens (tertiary/aromatic N) is 1. The minimum Gasteiger partial charge on any atom is -0.479 e. The standard InChI is InChI=1S/C11H17F3N2O3/c1-3-16(6-7-4-5-7)9(19)15-10(2,8(17)18)11(12,13)14/h7H,3-6H2,1-2H3,(H,15,19)(H,17,18). The number of aliphatic carboxylic acids is 1. The third-order valence-corrected chi connectivity index (χ3v) is 3.20. The van der Waals surface area contributed by atoms with Crippen LogP contribution in [0.4, 0.5) is 18.0 Å². The summed E-state index contributed by atoms with van der Waals surface area (Å²) < 4.78 is 38.2. The van der Waals surface area contributed by atoms with Crippen LogP contribution in [0.15, 0.2) is 0 Å². The van der Waals surface area contributed by atoms with E-state index in [-0.39, 0.29) is 6.54 Å². The van der Waals surface area contributed by atoms with E-state index in [1.54, 1.807) is 12.2 Å². The Labute approximate surface area is 108 Å². The van der Waals surface area contributed by atoms with Crippen LogP contribution < -0.4 is 5.32 Å². The maximum atomic E-state index is 12.7. The molecule has 1 fully saturated rings. The Hall–Kier alpha value is -1.47. The molecule has 0 saturated heterocycles. The Balaban J connectivity index is 2.77. The van der Waals surface area contributed by atoms with E-state index in [1.807, 2.05) is 0 Å². The lowest BCUT2D eigenvalue weighted by Gasteiger charge is -2.31. The van der Waals surface area contributed by atoms with Gasteiger partial charge in [0.15, 0.2) is 0 Å². The molecular formula is C11H17F3N2O3. The summed E-state index contributed by atoms with van der Waals surface area (Å²) in [5.74, 6) is -1.82. The molecule has 8 heteroatoms. The molecule has 1 aliphatic rings. The van der Waals surface area contributed by atoms with Crippen LogP contribution in [0.2, 0.25) is 0 Å².